The molecule has 0 unspecified atom stereocenters. The number of imidazole rings is 1. The van der Waals surface area contributed by atoms with E-state index >= 15 is 0 Å². The first-order valence-corrected chi connectivity index (χ1v) is 9.18. The molecule has 4 nitrogen and oxygen atoms in total. The summed E-state index contributed by atoms with van der Waals surface area (Å²) < 4.78 is 40.7. The maximum absolute atomic E-state index is 12.9. The second-order valence-electron chi connectivity index (χ2n) is 6.03. The van der Waals surface area contributed by atoms with E-state index in [0.717, 1.165) is 40.8 Å². The fraction of sp³-hybridized carbons (Fsp3) is 0.158. The van der Waals surface area contributed by atoms with Gasteiger partial charge in [0.1, 0.15) is 0 Å². The maximum atomic E-state index is 12.9. The zero-order valence-corrected chi connectivity index (χ0v) is 14.8. The molecule has 3 aromatic rings. The van der Waals surface area contributed by atoms with E-state index in [1.807, 2.05) is 22.9 Å². The number of carbonyl (C=O) groups excluding carboxylic acids is 1. The number of nitrogens with zero attached hydrogens (tertiary/aromatic N) is 2. The zero-order chi connectivity index (χ0) is 19.0. The van der Waals surface area contributed by atoms with Crippen LogP contribution in [-0.4, -0.2) is 21.2 Å². The molecule has 1 amide bonds. The van der Waals surface area contributed by atoms with E-state index in [1.165, 1.54) is 12.1 Å². The van der Waals surface area contributed by atoms with Crippen molar-refractivity contribution in [2.75, 3.05) is 11.1 Å². The van der Waals surface area contributed by atoms with Crippen LogP contribution in [0.3, 0.4) is 0 Å². The molecule has 0 aliphatic carbocycles. The predicted molar refractivity (Wildman–Crippen MR) is 97.8 cm³/mol. The van der Waals surface area contributed by atoms with Crippen molar-refractivity contribution in [3.8, 4) is 11.3 Å². The SMILES string of the molecule is O=C(Nc1ccccc1-c1cn2c(n1)SCC2)c1cccc(C(F)(F)F)c1. The Labute approximate surface area is 157 Å². The molecular formula is C19H14F3N3OS. The smallest absolute Gasteiger partial charge is 0.325 e. The molecular weight excluding hydrogens is 375 g/mol. The van der Waals surface area contributed by atoms with Crippen LogP contribution in [0.15, 0.2) is 59.9 Å². The fourth-order valence-corrected chi connectivity index (χ4v) is 3.83. The number of thioether (sulfide) groups is 1. The summed E-state index contributed by atoms with van der Waals surface area (Å²) in [4.78, 5) is 17.1. The standard InChI is InChI=1S/C19H14F3N3OS/c20-19(21,22)13-5-3-4-12(10-13)17(26)23-15-7-2-1-6-14(15)16-11-25-8-9-27-18(25)24-16/h1-7,10-11H,8-9H2,(H,23,26). The topological polar surface area (TPSA) is 46.9 Å². The third kappa shape index (κ3) is 3.57. The number of amides is 1. The summed E-state index contributed by atoms with van der Waals surface area (Å²) in [6.07, 6.45) is -2.58. The van der Waals surface area contributed by atoms with Gasteiger partial charge in [-0.3, -0.25) is 4.79 Å². The molecule has 2 aromatic carbocycles. The molecule has 1 aliphatic rings. The molecule has 0 bridgehead atoms. The molecule has 0 saturated carbocycles. The highest BCUT2D eigenvalue weighted by Gasteiger charge is 2.31. The lowest BCUT2D eigenvalue weighted by atomic mass is 10.1. The maximum Gasteiger partial charge on any atom is 0.416 e. The largest absolute Gasteiger partial charge is 0.416 e. The number of rotatable bonds is 3. The van der Waals surface area contributed by atoms with Gasteiger partial charge >= 0.3 is 6.18 Å². The van der Waals surface area contributed by atoms with E-state index in [2.05, 4.69) is 10.3 Å². The average molecular weight is 389 g/mol. The van der Waals surface area contributed by atoms with Crippen molar-refractivity contribution in [3.63, 3.8) is 0 Å². The second-order valence-corrected chi connectivity index (χ2v) is 7.09. The summed E-state index contributed by atoms with van der Waals surface area (Å²) in [6.45, 7) is 0.881. The number of carbonyl (C=O) groups is 1. The third-order valence-corrected chi connectivity index (χ3v) is 5.18. The van der Waals surface area contributed by atoms with E-state index in [1.54, 1.807) is 23.9 Å². The first-order chi connectivity index (χ1) is 12.9. The summed E-state index contributed by atoms with van der Waals surface area (Å²) in [6, 6.07) is 11.5. The highest BCUT2D eigenvalue weighted by molar-refractivity contribution is 7.99. The molecule has 1 N–H and O–H groups in total. The molecule has 0 saturated heterocycles. The molecule has 0 spiro atoms. The lowest BCUT2D eigenvalue weighted by Gasteiger charge is -2.11. The van der Waals surface area contributed by atoms with Crippen LogP contribution in [0.2, 0.25) is 0 Å². The van der Waals surface area contributed by atoms with Crippen LogP contribution < -0.4 is 5.32 Å². The number of halogens is 3. The monoisotopic (exact) mass is 389 g/mol. The van der Waals surface area contributed by atoms with Gasteiger partial charge in [-0.25, -0.2) is 4.98 Å². The first kappa shape index (κ1) is 17.7. The van der Waals surface area contributed by atoms with Crippen molar-refractivity contribution in [2.45, 2.75) is 17.9 Å². The number of para-hydroxylation sites is 1. The number of alkyl halides is 3. The van der Waals surface area contributed by atoms with Gasteiger partial charge in [0.05, 0.1) is 16.9 Å². The van der Waals surface area contributed by atoms with Crippen LogP contribution >= 0.6 is 11.8 Å². The number of hydrogen-bond donors (Lipinski definition) is 1. The van der Waals surface area contributed by atoms with Crippen LogP contribution in [0, 0.1) is 0 Å². The quantitative estimate of drug-likeness (QED) is 0.691. The van der Waals surface area contributed by atoms with Crippen molar-refractivity contribution >= 4 is 23.4 Å². The Kier molecular flexibility index (Phi) is 4.43. The number of aryl methyl sites for hydroxylation is 1. The van der Waals surface area contributed by atoms with Gasteiger partial charge in [-0.15, -0.1) is 0 Å². The Morgan fingerprint density at radius 3 is 2.74 bits per heavy atom. The Hall–Kier alpha value is -2.74. The number of benzene rings is 2. The number of aromatic nitrogens is 2. The van der Waals surface area contributed by atoms with Crippen LogP contribution in [0.5, 0.6) is 0 Å². The first-order valence-electron chi connectivity index (χ1n) is 8.20. The zero-order valence-electron chi connectivity index (χ0n) is 14.0. The summed E-state index contributed by atoms with van der Waals surface area (Å²) in [5.74, 6) is 0.381. The number of fused-ring (bicyclic) bond motifs is 1. The van der Waals surface area contributed by atoms with Crippen molar-refractivity contribution in [1.82, 2.24) is 9.55 Å². The van der Waals surface area contributed by atoms with Crippen molar-refractivity contribution in [3.05, 3.63) is 65.9 Å². The van der Waals surface area contributed by atoms with Crippen molar-refractivity contribution < 1.29 is 18.0 Å². The number of anilines is 1. The van der Waals surface area contributed by atoms with Crippen LogP contribution in [0.1, 0.15) is 15.9 Å². The molecule has 1 aliphatic heterocycles. The third-order valence-electron chi connectivity index (χ3n) is 4.21. The van der Waals surface area contributed by atoms with Gasteiger partial charge in [0.15, 0.2) is 5.16 Å². The number of hydrogen-bond acceptors (Lipinski definition) is 3. The molecule has 1 aromatic heterocycles. The second kappa shape index (κ2) is 6.77. The van der Waals surface area contributed by atoms with E-state index in [0.29, 0.717) is 5.69 Å². The Bertz CT molecular complexity index is 992. The van der Waals surface area contributed by atoms with Gasteiger partial charge in [0.25, 0.3) is 5.91 Å². The van der Waals surface area contributed by atoms with Crippen molar-refractivity contribution in [1.29, 1.82) is 0 Å². The summed E-state index contributed by atoms with van der Waals surface area (Å²) in [7, 11) is 0. The lowest BCUT2D eigenvalue weighted by molar-refractivity contribution is -0.137. The van der Waals surface area contributed by atoms with Gasteiger partial charge < -0.3 is 9.88 Å². The van der Waals surface area contributed by atoms with Gasteiger partial charge in [-0.1, -0.05) is 36.0 Å². The molecule has 0 atom stereocenters. The molecule has 27 heavy (non-hydrogen) atoms. The highest BCUT2D eigenvalue weighted by Crippen LogP contribution is 2.33. The van der Waals surface area contributed by atoms with E-state index < -0.39 is 17.6 Å². The molecule has 8 heteroatoms. The highest BCUT2D eigenvalue weighted by atomic mass is 32.2. The normalized spacial score (nSPS) is 13.4. The predicted octanol–water partition coefficient (Wildman–Crippen LogP) is 4.93. The molecule has 0 radical (unpaired) electrons. The van der Waals surface area contributed by atoms with E-state index in [4.69, 9.17) is 0 Å². The van der Waals surface area contributed by atoms with Gasteiger partial charge in [-0.05, 0) is 24.3 Å². The summed E-state index contributed by atoms with van der Waals surface area (Å²) in [5.41, 5.74) is 1.03. The molecule has 2 heterocycles. The van der Waals surface area contributed by atoms with Gasteiger partial charge in [-0.2, -0.15) is 13.2 Å². The summed E-state index contributed by atoms with van der Waals surface area (Å²) >= 11 is 1.66. The molecule has 4 rings (SSSR count). The Balaban J connectivity index is 1.62. The van der Waals surface area contributed by atoms with Gasteiger partial charge in [0.2, 0.25) is 0 Å². The van der Waals surface area contributed by atoms with Gasteiger partial charge in [0, 0.05) is 29.6 Å². The van der Waals surface area contributed by atoms with E-state index in [9.17, 15) is 18.0 Å². The summed E-state index contributed by atoms with van der Waals surface area (Å²) in [5, 5.41) is 3.63. The van der Waals surface area contributed by atoms with Crippen LogP contribution in [0.25, 0.3) is 11.3 Å². The molecule has 0 fully saturated rings. The molecule has 138 valence electrons. The Morgan fingerprint density at radius 2 is 1.96 bits per heavy atom. The lowest BCUT2D eigenvalue weighted by Crippen LogP contribution is -2.14. The Morgan fingerprint density at radius 1 is 1.15 bits per heavy atom. The van der Waals surface area contributed by atoms with E-state index in [-0.39, 0.29) is 5.56 Å². The minimum absolute atomic E-state index is 0.0532. The number of nitrogens with one attached hydrogen (secondary N) is 1. The van der Waals surface area contributed by atoms with Crippen molar-refractivity contribution in [2.24, 2.45) is 0 Å². The minimum atomic E-state index is -4.50. The fourth-order valence-electron chi connectivity index (χ4n) is 2.89. The van der Waals surface area contributed by atoms with Crippen LogP contribution in [0.4, 0.5) is 18.9 Å². The average Bonchev–Trinajstić information content (AvgIpc) is 3.23. The van der Waals surface area contributed by atoms with Crippen LogP contribution in [-0.2, 0) is 12.7 Å². The minimum Gasteiger partial charge on any atom is -0.325 e.